The molecule has 0 saturated heterocycles. The summed E-state index contributed by atoms with van der Waals surface area (Å²) in [6.45, 7) is 1.84. The summed E-state index contributed by atoms with van der Waals surface area (Å²) in [5.41, 5.74) is 0.846. The summed E-state index contributed by atoms with van der Waals surface area (Å²) in [5.74, 6) is 2.00. The lowest BCUT2D eigenvalue weighted by Gasteiger charge is -1.99. The van der Waals surface area contributed by atoms with Gasteiger partial charge in [-0.15, -0.1) is 10.2 Å². The monoisotopic (exact) mass is 306 g/mol. The molecule has 0 atom stereocenters. The molecule has 1 aromatic carbocycles. The molecule has 0 saturated carbocycles. The maximum Gasteiger partial charge on any atom is 0.284 e. The summed E-state index contributed by atoms with van der Waals surface area (Å²) in [7, 11) is 1.63. The molecule has 20 heavy (non-hydrogen) atoms. The second kappa shape index (κ2) is 5.59. The van der Waals surface area contributed by atoms with Crippen LogP contribution in [0.2, 0.25) is 0 Å². The lowest BCUT2D eigenvalue weighted by molar-refractivity contribution is 0.414. The molecule has 0 aliphatic carbocycles. The Balaban J connectivity index is 1.78. The van der Waals surface area contributed by atoms with Crippen LogP contribution in [-0.2, 0) is 0 Å². The van der Waals surface area contributed by atoms with Crippen molar-refractivity contribution in [1.82, 2.24) is 19.6 Å². The molecule has 0 bridgehead atoms. The quantitative estimate of drug-likeness (QED) is 0.733. The van der Waals surface area contributed by atoms with Crippen LogP contribution in [0.25, 0.3) is 11.5 Å². The molecule has 6 nitrogen and oxygen atoms in total. The molecule has 0 N–H and O–H groups in total. The predicted molar refractivity (Wildman–Crippen MR) is 75.1 cm³/mol. The minimum atomic E-state index is 0.451. The van der Waals surface area contributed by atoms with Crippen molar-refractivity contribution in [3.05, 3.63) is 30.1 Å². The van der Waals surface area contributed by atoms with Crippen LogP contribution in [-0.4, -0.2) is 26.7 Å². The molecule has 0 radical (unpaired) electrons. The van der Waals surface area contributed by atoms with Crippen molar-refractivity contribution < 1.29 is 9.15 Å². The highest BCUT2D eigenvalue weighted by Gasteiger charge is 2.12. The molecule has 8 heteroatoms. The topological polar surface area (TPSA) is 73.9 Å². The van der Waals surface area contributed by atoms with Crippen molar-refractivity contribution in [2.24, 2.45) is 0 Å². The van der Waals surface area contributed by atoms with E-state index in [2.05, 4.69) is 19.6 Å². The van der Waals surface area contributed by atoms with Gasteiger partial charge in [-0.3, -0.25) is 0 Å². The van der Waals surface area contributed by atoms with E-state index in [4.69, 9.17) is 9.15 Å². The predicted octanol–water partition coefficient (Wildman–Crippen LogP) is 3.06. The van der Waals surface area contributed by atoms with E-state index in [1.54, 1.807) is 7.11 Å². The Kier molecular flexibility index (Phi) is 3.66. The fraction of sp³-hybridized carbons (Fsp3) is 0.167. The third-order valence-corrected chi connectivity index (χ3v) is 4.11. The van der Waals surface area contributed by atoms with Crippen molar-refractivity contribution in [2.45, 2.75) is 16.5 Å². The number of aromatic nitrogens is 4. The molecular formula is C12H10N4O2S2. The van der Waals surface area contributed by atoms with Gasteiger partial charge in [0.05, 0.1) is 7.11 Å². The van der Waals surface area contributed by atoms with Gasteiger partial charge < -0.3 is 9.15 Å². The molecule has 0 spiro atoms. The third kappa shape index (κ3) is 2.81. The average molecular weight is 306 g/mol. The number of benzene rings is 1. The standard InChI is InChI=1S/C12H10N4O2S2/c1-7-13-12(20-16-7)19-11-15-14-10(18-11)8-3-5-9(17-2)6-4-8/h3-6H,1-2H3. The van der Waals surface area contributed by atoms with Crippen molar-refractivity contribution in [2.75, 3.05) is 7.11 Å². The van der Waals surface area contributed by atoms with Crippen LogP contribution in [0.3, 0.4) is 0 Å². The molecule has 3 rings (SSSR count). The number of ether oxygens (including phenoxy) is 1. The Morgan fingerprint density at radius 1 is 1.20 bits per heavy atom. The van der Waals surface area contributed by atoms with Crippen LogP contribution >= 0.6 is 23.3 Å². The lowest BCUT2D eigenvalue weighted by atomic mass is 10.2. The number of methoxy groups -OCH3 is 1. The molecular weight excluding hydrogens is 296 g/mol. The number of hydrogen-bond donors (Lipinski definition) is 0. The molecule has 0 unspecified atom stereocenters. The Labute approximate surface area is 123 Å². The largest absolute Gasteiger partial charge is 0.497 e. The van der Waals surface area contributed by atoms with Gasteiger partial charge in [-0.1, -0.05) is 0 Å². The van der Waals surface area contributed by atoms with Crippen LogP contribution in [0.5, 0.6) is 5.75 Å². The second-order valence-corrected chi connectivity index (χ2v) is 5.76. The van der Waals surface area contributed by atoms with Crippen molar-refractivity contribution in [1.29, 1.82) is 0 Å². The number of nitrogens with zero attached hydrogens (tertiary/aromatic N) is 4. The maximum atomic E-state index is 5.60. The van der Waals surface area contributed by atoms with Crippen LogP contribution < -0.4 is 4.74 Å². The van der Waals surface area contributed by atoms with E-state index >= 15 is 0 Å². The first-order valence-electron chi connectivity index (χ1n) is 5.70. The molecule has 102 valence electrons. The van der Waals surface area contributed by atoms with Gasteiger partial charge in [-0.25, -0.2) is 4.98 Å². The Bertz CT molecular complexity index is 708. The average Bonchev–Trinajstić information content (AvgIpc) is 3.09. The minimum absolute atomic E-state index is 0.451. The van der Waals surface area contributed by atoms with Crippen LogP contribution in [0, 0.1) is 6.92 Å². The highest BCUT2D eigenvalue weighted by Crippen LogP contribution is 2.30. The first-order chi connectivity index (χ1) is 9.74. The summed E-state index contributed by atoms with van der Waals surface area (Å²) in [6.07, 6.45) is 0. The van der Waals surface area contributed by atoms with E-state index in [0.29, 0.717) is 11.1 Å². The summed E-state index contributed by atoms with van der Waals surface area (Å²) in [4.78, 5) is 4.24. The van der Waals surface area contributed by atoms with Gasteiger partial charge in [-0.05, 0) is 42.7 Å². The Morgan fingerprint density at radius 3 is 2.65 bits per heavy atom. The second-order valence-electron chi connectivity index (χ2n) is 3.81. The summed E-state index contributed by atoms with van der Waals surface area (Å²) in [5, 5.41) is 8.47. The van der Waals surface area contributed by atoms with Gasteiger partial charge in [-0.2, -0.15) is 4.37 Å². The van der Waals surface area contributed by atoms with Gasteiger partial charge in [0.1, 0.15) is 11.6 Å². The van der Waals surface area contributed by atoms with Gasteiger partial charge in [0.25, 0.3) is 5.22 Å². The number of aryl methyl sites for hydroxylation is 1. The van der Waals surface area contributed by atoms with E-state index in [1.807, 2.05) is 31.2 Å². The van der Waals surface area contributed by atoms with E-state index in [-0.39, 0.29) is 0 Å². The zero-order valence-electron chi connectivity index (χ0n) is 10.7. The fourth-order valence-electron chi connectivity index (χ4n) is 1.50. The van der Waals surface area contributed by atoms with Gasteiger partial charge >= 0.3 is 0 Å². The van der Waals surface area contributed by atoms with Crippen LogP contribution in [0.4, 0.5) is 0 Å². The molecule has 0 fully saturated rings. The Hall–Kier alpha value is -1.93. The van der Waals surface area contributed by atoms with Gasteiger partial charge in [0, 0.05) is 17.3 Å². The Morgan fingerprint density at radius 2 is 2.00 bits per heavy atom. The van der Waals surface area contributed by atoms with Gasteiger partial charge in [0.15, 0.2) is 4.34 Å². The summed E-state index contributed by atoms with van der Waals surface area (Å²) < 4.78 is 15.6. The van der Waals surface area contributed by atoms with E-state index in [0.717, 1.165) is 21.5 Å². The highest BCUT2D eigenvalue weighted by atomic mass is 32.2. The number of hydrogen-bond acceptors (Lipinski definition) is 8. The SMILES string of the molecule is COc1ccc(-c2nnc(Sc3nc(C)ns3)o2)cc1. The zero-order valence-corrected chi connectivity index (χ0v) is 12.4. The zero-order chi connectivity index (χ0) is 13.9. The highest BCUT2D eigenvalue weighted by molar-refractivity contribution is 8.00. The summed E-state index contributed by atoms with van der Waals surface area (Å²) >= 11 is 2.62. The van der Waals surface area contributed by atoms with Crippen molar-refractivity contribution >= 4 is 23.3 Å². The third-order valence-electron chi connectivity index (χ3n) is 2.43. The number of rotatable bonds is 4. The normalized spacial score (nSPS) is 10.7. The summed E-state index contributed by atoms with van der Waals surface area (Å²) in [6, 6.07) is 7.44. The van der Waals surface area contributed by atoms with Crippen LogP contribution in [0.15, 0.2) is 38.2 Å². The molecule has 0 aliphatic rings. The fourth-order valence-corrected chi connectivity index (χ4v) is 2.92. The molecule has 3 aromatic rings. The van der Waals surface area contributed by atoms with Crippen LogP contribution in [0.1, 0.15) is 5.82 Å². The van der Waals surface area contributed by atoms with E-state index in [9.17, 15) is 0 Å². The molecule has 0 aliphatic heterocycles. The van der Waals surface area contributed by atoms with Crippen molar-refractivity contribution in [3.8, 4) is 17.2 Å². The maximum absolute atomic E-state index is 5.60. The van der Waals surface area contributed by atoms with E-state index in [1.165, 1.54) is 23.3 Å². The first-order valence-corrected chi connectivity index (χ1v) is 7.29. The lowest BCUT2D eigenvalue weighted by Crippen LogP contribution is -1.82. The van der Waals surface area contributed by atoms with E-state index < -0.39 is 0 Å². The molecule has 2 aromatic heterocycles. The molecule has 0 amide bonds. The first kappa shape index (κ1) is 13.1. The minimum Gasteiger partial charge on any atom is -0.497 e. The smallest absolute Gasteiger partial charge is 0.284 e. The molecule has 2 heterocycles. The van der Waals surface area contributed by atoms with Gasteiger partial charge in [0.2, 0.25) is 5.89 Å². The van der Waals surface area contributed by atoms with Crippen molar-refractivity contribution in [3.63, 3.8) is 0 Å².